The van der Waals surface area contributed by atoms with E-state index < -0.39 is 0 Å². The standard InChI is InChI=1S/C20H42/c1-7-13-18(14-8-2)19(12-6)20(15-9-3,16-10-4)17-11-5/h18-19H,7-17H2,1-6H3. The van der Waals surface area contributed by atoms with Gasteiger partial charge in [-0.25, -0.2) is 0 Å². The third-order valence-electron chi connectivity index (χ3n) is 5.36. The van der Waals surface area contributed by atoms with Gasteiger partial charge in [0.1, 0.15) is 0 Å². The van der Waals surface area contributed by atoms with Crippen molar-refractivity contribution in [2.24, 2.45) is 17.3 Å². The molecule has 122 valence electrons. The Hall–Kier alpha value is 0. The zero-order valence-electron chi connectivity index (χ0n) is 15.4. The Balaban J connectivity index is 5.27. The van der Waals surface area contributed by atoms with Gasteiger partial charge in [-0.3, -0.25) is 0 Å². The van der Waals surface area contributed by atoms with E-state index >= 15 is 0 Å². The molecule has 0 saturated heterocycles. The Labute approximate surface area is 130 Å². The molecule has 0 aromatic carbocycles. The maximum atomic E-state index is 2.46. The molecule has 1 atom stereocenters. The molecule has 20 heavy (non-hydrogen) atoms. The minimum atomic E-state index is 0.641. The molecule has 0 fully saturated rings. The summed E-state index contributed by atoms with van der Waals surface area (Å²) >= 11 is 0. The quantitative estimate of drug-likeness (QED) is 0.326. The first-order valence-electron chi connectivity index (χ1n) is 9.65. The van der Waals surface area contributed by atoms with E-state index in [1.807, 2.05) is 0 Å². The fourth-order valence-corrected chi connectivity index (χ4v) is 4.98. The van der Waals surface area contributed by atoms with Crippen LogP contribution in [-0.2, 0) is 0 Å². The van der Waals surface area contributed by atoms with Crippen LogP contribution in [0, 0.1) is 17.3 Å². The van der Waals surface area contributed by atoms with Gasteiger partial charge in [-0.05, 0) is 36.5 Å². The summed E-state index contributed by atoms with van der Waals surface area (Å²) in [7, 11) is 0. The lowest BCUT2D eigenvalue weighted by Gasteiger charge is -2.45. The molecule has 0 aliphatic heterocycles. The van der Waals surface area contributed by atoms with Crippen LogP contribution >= 0.6 is 0 Å². The molecule has 0 aliphatic rings. The Bertz CT molecular complexity index is 183. The largest absolute Gasteiger partial charge is 0.0654 e. The van der Waals surface area contributed by atoms with E-state index in [9.17, 15) is 0 Å². The van der Waals surface area contributed by atoms with E-state index in [4.69, 9.17) is 0 Å². The highest BCUT2D eigenvalue weighted by Crippen LogP contribution is 2.49. The van der Waals surface area contributed by atoms with Gasteiger partial charge in [0.05, 0.1) is 0 Å². The maximum absolute atomic E-state index is 2.46. The second-order valence-corrected chi connectivity index (χ2v) is 6.96. The smallest absolute Gasteiger partial charge is 0.0267 e. The van der Waals surface area contributed by atoms with E-state index in [0.717, 1.165) is 11.8 Å². The monoisotopic (exact) mass is 282 g/mol. The van der Waals surface area contributed by atoms with Crippen LogP contribution in [0.1, 0.15) is 112 Å². The molecule has 0 rings (SSSR count). The van der Waals surface area contributed by atoms with Crippen molar-refractivity contribution in [3.63, 3.8) is 0 Å². The minimum Gasteiger partial charge on any atom is -0.0654 e. The maximum Gasteiger partial charge on any atom is -0.0267 e. The number of hydrogen-bond acceptors (Lipinski definition) is 0. The van der Waals surface area contributed by atoms with Gasteiger partial charge >= 0.3 is 0 Å². The average molecular weight is 283 g/mol. The first kappa shape index (κ1) is 20.0. The van der Waals surface area contributed by atoms with E-state index in [-0.39, 0.29) is 0 Å². The summed E-state index contributed by atoms with van der Waals surface area (Å²) in [5.74, 6) is 1.93. The molecule has 1 unspecified atom stereocenters. The SMILES string of the molecule is CCCC(CCC)C(CC)C(CCC)(CCC)CCC. The Kier molecular flexibility index (Phi) is 11.6. The van der Waals surface area contributed by atoms with E-state index in [2.05, 4.69) is 41.5 Å². The second-order valence-electron chi connectivity index (χ2n) is 6.96. The molecule has 0 radical (unpaired) electrons. The van der Waals surface area contributed by atoms with Gasteiger partial charge in [0.15, 0.2) is 0 Å². The molecule has 0 heterocycles. The molecule has 0 aliphatic carbocycles. The molecule has 0 N–H and O–H groups in total. The van der Waals surface area contributed by atoms with Crippen molar-refractivity contribution in [1.29, 1.82) is 0 Å². The Morgan fingerprint density at radius 2 is 1.00 bits per heavy atom. The topological polar surface area (TPSA) is 0 Å². The summed E-state index contributed by atoms with van der Waals surface area (Å²) in [5.41, 5.74) is 0.641. The van der Waals surface area contributed by atoms with Gasteiger partial charge in [0, 0.05) is 0 Å². The van der Waals surface area contributed by atoms with Crippen molar-refractivity contribution in [1.82, 2.24) is 0 Å². The van der Waals surface area contributed by atoms with Gasteiger partial charge in [0.25, 0.3) is 0 Å². The van der Waals surface area contributed by atoms with Crippen LogP contribution in [0.3, 0.4) is 0 Å². The average Bonchev–Trinajstić information content (AvgIpc) is 2.41. The van der Waals surface area contributed by atoms with Crippen molar-refractivity contribution < 1.29 is 0 Å². The number of rotatable bonds is 13. The molecule has 0 amide bonds. The molecule has 0 aromatic rings. The van der Waals surface area contributed by atoms with Crippen LogP contribution in [0.25, 0.3) is 0 Å². The zero-order valence-corrected chi connectivity index (χ0v) is 15.4. The van der Waals surface area contributed by atoms with E-state index in [1.165, 1.54) is 70.6 Å². The van der Waals surface area contributed by atoms with Crippen molar-refractivity contribution in [3.05, 3.63) is 0 Å². The summed E-state index contributed by atoms with van der Waals surface area (Å²) in [6.45, 7) is 14.4. The van der Waals surface area contributed by atoms with Crippen LogP contribution in [0.5, 0.6) is 0 Å². The first-order valence-corrected chi connectivity index (χ1v) is 9.65. The van der Waals surface area contributed by atoms with Crippen molar-refractivity contribution >= 4 is 0 Å². The van der Waals surface area contributed by atoms with Gasteiger partial charge in [-0.1, -0.05) is 92.9 Å². The highest BCUT2D eigenvalue weighted by atomic mass is 14.4. The molecule has 0 spiro atoms. The predicted molar refractivity (Wildman–Crippen MR) is 94.2 cm³/mol. The van der Waals surface area contributed by atoms with E-state index in [0.29, 0.717) is 5.41 Å². The molecule has 0 heteroatoms. The lowest BCUT2D eigenvalue weighted by Crippen LogP contribution is -2.35. The molecular weight excluding hydrogens is 240 g/mol. The Morgan fingerprint density at radius 1 is 0.600 bits per heavy atom. The summed E-state index contributed by atoms with van der Waals surface area (Å²) in [5, 5.41) is 0. The highest BCUT2D eigenvalue weighted by Gasteiger charge is 2.38. The molecule has 0 saturated carbocycles. The fraction of sp³-hybridized carbons (Fsp3) is 1.00. The fourth-order valence-electron chi connectivity index (χ4n) is 4.98. The minimum absolute atomic E-state index is 0.641. The molecule has 0 aromatic heterocycles. The summed E-state index contributed by atoms with van der Waals surface area (Å²) in [4.78, 5) is 0. The lowest BCUT2D eigenvalue weighted by molar-refractivity contribution is 0.0500. The van der Waals surface area contributed by atoms with Crippen LogP contribution in [-0.4, -0.2) is 0 Å². The first-order chi connectivity index (χ1) is 9.65. The van der Waals surface area contributed by atoms with Crippen LogP contribution in [0.15, 0.2) is 0 Å². The summed E-state index contributed by atoms with van der Waals surface area (Å²) in [6.07, 6.45) is 15.5. The Morgan fingerprint density at radius 3 is 1.25 bits per heavy atom. The third kappa shape index (κ3) is 5.78. The van der Waals surface area contributed by atoms with Crippen LogP contribution in [0.4, 0.5) is 0 Å². The normalized spacial score (nSPS) is 13.9. The third-order valence-corrected chi connectivity index (χ3v) is 5.36. The van der Waals surface area contributed by atoms with E-state index in [1.54, 1.807) is 0 Å². The van der Waals surface area contributed by atoms with Gasteiger partial charge in [0.2, 0.25) is 0 Å². The summed E-state index contributed by atoms with van der Waals surface area (Å²) in [6, 6.07) is 0. The van der Waals surface area contributed by atoms with Gasteiger partial charge in [-0.2, -0.15) is 0 Å². The van der Waals surface area contributed by atoms with Gasteiger partial charge in [-0.15, -0.1) is 0 Å². The molecule has 0 bridgehead atoms. The second kappa shape index (κ2) is 11.6. The number of hydrogen-bond donors (Lipinski definition) is 0. The summed E-state index contributed by atoms with van der Waals surface area (Å²) < 4.78 is 0. The highest BCUT2D eigenvalue weighted by molar-refractivity contribution is 4.89. The van der Waals surface area contributed by atoms with Crippen molar-refractivity contribution in [2.45, 2.75) is 112 Å². The van der Waals surface area contributed by atoms with Crippen LogP contribution in [0.2, 0.25) is 0 Å². The molecular formula is C20H42. The van der Waals surface area contributed by atoms with Crippen molar-refractivity contribution in [2.75, 3.05) is 0 Å². The predicted octanol–water partition coefficient (Wildman–Crippen LogP) is 7.62. The zero-order chi connectivity index (χ0) is 15.4. The lowest BCUT2D eigenvalue weighted by atomic mass is 9.60. The van der Waals surface area contributed by atoms with Crippen molar-refractivity contribution in [3.8, 4) is 0 Å². The molecule has 0 nitrogen and oxygen atoms in total. The van der Waals surface area contributed by atoms with Crippen LogP contribution < -0.4 is 0 Å². The van der Waals surface area contributed by atoms with Gasteiger partial charge < -0.3 is 0 Å².